The number of anilines is 1. The van der Waals surface area contributed by atoms with Gasteiger partial charge in [0.2, 0.25) is 5.91 Å². The zero-order chi connectivity index (χ0) is 18.0. The van der Waals surface area contributed by atoms with Gasteiger partial charge in [-0.05, 0) is 37.6 Å². The van der Waals surface area contributed by atoms with Gasteiger partial charge in [0, 0.05) is 44.6 Å². The number of aromatic nitrogens is 1. The summed E-state index contributed by atoms with van der Waals surface area (Å²) in [6, 6.07) is 10.2. The molecule has 1 saturated heterocycles. The molecular weight excluding hydrogens is 314 g/mol. The second-order valence-corrected chi connectivity index (χ2v) is 6.67. The summed E-state index contributed by atoms with van der Waals surface area (Å²) in [4.78, 5) is 17.0. The van der Waals surface area contributed by atoms with Gasteiger partial charge < -0.3 is 19.1 Å². The van der Waals surface area contributed by atoms with Crippen molar-refractivity contribution in [3.8, 4) is 5.75 Å². The van der Waals surface area contributed by atoms with Gasteiger partial charge in [0.25, 0.3) is 0 Å². The molecule has 0 spiro atoms. The molecule has 2 aromatic rings. The fraction of sp³-hybridized carbons (Fsp3) is 0.450. The van der Waals surface area contributed by atoms with Gasteiger partial charge in [-0.15, -0.1) is 0 Å². The number of para-hydroxylation sites is 2. The molecule has 0 saturated carbocycles. The molecule has 1 amide bonds. The van der Waals surface area contributed by atoms with Crippen LogP contribution < -0.4 is 9.64 Å². The Kier molecular flexibility index (Phi) is 5.02. The molecule has 2 heterocycles. The largest absolute Gasteiger partial charge is 0.495 e. The van der Waals surface area contributed by atoms with Crippen molar-refractivity contribution in [3.05, 3.63) is 47.3 Å². The summed E-state index contributed by atoms with van der Waals surface area (Å²) >= 11 is 0. The van der Waals surface area contributed by atoms with Gasteiger partial charge in [-0.2, -0.15) is 0 Å². The zero-order valence-electron chi connectivity index (χ0n) is 15.6. The fourth-order valence-electron chi connectivity index (χ4n) is 3.47. The van der Waals surface area contributed by atoms with Crippen molar-refractivity contribution < 1.29 is 9.53 Å². The number of carbonyl (C=O) groups is 1. The Labute approximate surface area is 149 Å². The van der Waals surface area contributed by atoms with Crippen LogP contribution in [0.5, 0.6) is 5.75 Å². The summed E-state index contributed by atoms with van der Waals surface area (Å²) < 4.78 is 7.60. The molecule has 134 valence electrons. The lowest BCUT2D eigenvalue weighted by atomic mass is 10.1. The molecule has 1 aliphatic heterocycles. The van der Waals surface area contributed by atoms with Gasteiger partial charge in [-0.25, -0.2) is 0 Å². The molecule has 0 bridgehead atoms. The maximum Gasteiger partial charge on any atom is 0.227 e. The number of carbonyl (C=O) groups excluding carboxylic acids is 1. The van der Waals surface area contributed by atoms with E-state index in [1.54, 1.807) is 7.11 Å². The Morgan fingerprint density at radius 2 is 1.80 bits per heavy atom. The molecule has 5 nitrogen and oxygen atoms in total. The molecule has 1 aliphatic rings. The molecule has 3 rings (SSSR count). The number of hydrogen-bond acceptors (Lipinski definition) is 3. The van der Waals surface area contributed by atoms with Crippen molar-refractivity contribution in [2.45, 2.75) is 20.3 Å². The fourth-order valence-corrected chi connectivity index (χ4v) is 3.47. The third-order valence-corrected chi connectivity index (χ3v) is 5.28. The second-order valence-electron chi connectivity index (χ2n) is 6.67. The Morgan fingerprint density at radius 1 is 1.12 bits per heavy atom. The number of hydrogen-bond donors (Lipinski definition) is 0. The topological polar surface area (TPSA) is 37.7 Å². The first-order valence-electron chi connectivity index (χ1n) is 8.78. The van der Waals surface area contributed by atoms with Crippen LogP contribution in [-0.4, -0.2) is 48.7 Å². The standard InChI is InChI=1S/C20H27N3O2/c1-15-13-17(16(2)21(15)3)14-20(24)23-11-9-22(10-12-23)18-7-5-6-8-19(18)25-4/h5-8,13H,9-12,14H2,1-4H3. The number of rotatable bonds is 4. The lowest BCUT2D eigenvalue weighted by Gasteiger charge is -2.36. The number of nitrogens with zero attached hydrogens (tertiary/aromatic N) is 3. The lowest BCUT2D eigenvalue weighted by Crippen LogP contribution is -2.49. The molecule has 0 aliphatic carbocycles. The van der Waals surface area contributed by atoms with E-state index >= 15 is 0 Å². The molecule has 0 unspecified atom stereocenters. The highest BCUT2D eigenvalue weighted by Gasteiger charge is 2.23. The van der Waals surface area contributed by atoms with Gasteiger partial charge in [0.05, 0.1) is 19.2 Å². The van der Waals surface area contributed by atoms with Crippen molar-refractivity contribution in [2.24, 2.45) is 7.05 Å². The van der Waals surface area contributed by atoms with E-state index in [0.29, 0.717) is 6.42 Å². The second kappa shape index (κ2) is 7.21. The maximum absolute atomic E-state index is 12.7. The van der Waals surface area contributed by atoms with Gasteiger partial charge in [0.1, 0.15) is 5.75 Å². The predicted molar refractivity (Wildman–Crippen MR) is 100 cm³/mol. The Hall–Kier alpha value is -2.43. The molecule has 0 radical (unpaired) electrons. The van der Waals surface area contributed by atoms with E-state index in [-0.39, 0.29) is 5.91 Å². The molecule has 1 fully saturated rings. The monoisotopic (exact) mass is 341 g/mol. The van der Waals surface area contributed by atoms with Crippen LogP contribution in [-0.2, 0) is 18.3 Å². The van der Waals surface area contributed by atoms with Crippen LogP contribution in [0.15, 0.2) is 30.3 Å². The highest BCUT2D eigenvalue weighted by atomic mass is 16.5. The normalized spacial score (nSPS) is 14.7. The van der Waals surface area contributed by atoms with Crippen LogP contribution in [0.3, 0.4) is 0 Å². The first-order valence-corrected chi connectivity index (χ1v) is 8.78. The Bertz CT molecular complexity index is 758. The summed E-state index contributed by atoms with van der Waals surface area (Å²) in [7, 11) is 3.74. The summed E-state index contributed by atoms with van der Waals surface area (Å²) in [5.41, 5.74) is 4.61. The van der Waals surface area contributed by atoms with E-state index in [1.807, 2.05) is 30.1 Å². The van der Waals surface area contributed by atoms with Crippen molar-refractivity contribution in [2.75, 3.05) is 38.2 Å². The van der Waals surface area contributed by atoms with Gasteiger partial charge in [0.15, 0.2) is 0 Å². The van der Waals surface area contributed by atoms with E-state index < -0.39 is 0 Å². The van der Waals surface area contributed by atoms with Crippen LogP contribution in [0.25, 0.3) is 0 Å². The molecule has 5 heteroatoms. The van der Waals surface area contributed by atoms with Crippen molar-refractivity contribution in [1.29, 1.82) is 0 Å². The average molecular weight is 341 g/mol. The summed E-state index contributed by atoms with van der Waals surface area (Å²) in [5, 5.41) is 0. The highest BCUT2D eigenvalue weighted by Crippen LogP contribution is 2.28. The van der Waals surface area contributed by atoms with Crippen LogP contribution >= 0.6 is 0 Å². The lowest BCUT2D eigenvalue weighted by molar-refractivity contribution is -0.130. The average Bonchev–Trinajstić information content (AvgIpc) is 2.88. The summed E-state index contributed by atoms with van der Waals surface area (Å²) in [6.07, 6.45) is 0.488. The quantitative estimate of drug-likeness (QED) is 0.858. The minimum absolute atomic E-state index is 0.216. The van der Waals surface area contributed by atoms with Crippen LogP contribution in [0, 0.1) is 13.8 Å². The Balaban J connectivity index is 1.62. The van der Waals surface area contributed by atoms with Crippen molar-refractivity contribution >= 4 is 11.6 Å². The SMILES string of the molecule is COc1ccccc1N1CCN(C(=O)Cc2cc(C)n(C)c2C)CC1. The number of methoxy groups -OCH3 is 1. The first kappa shape index (κ1) is 17.4. The third kappa shape index (κ3) is 3.50. The maximum atomic E-state index is 12.7. The van der Waals surface area contributed by atoms with Crippen molar-refractivity contribution in [1.82, 2.24) is 9.47 Å². The Morgan fingerprint density at radius 3 is 2.40 bits per heavy atom. The van der Waals surface area contributed by atoms with E-state index in [4.69, 9.17) is 4.74 Å². The summed E-state index contributed by atoms with van der Waals surface area (Å²) in [6.45, 7) is 7.32. The van der Waals surface area contributed by atoms with E-state index in [1.165, 1.54) is 11.4 Å². The summed E-state index contributed by atoms with van der Waals surface area (Å²) in [5.74, 6) is 1.10. The smallest absolute Gasteiger partial charge is 0.227 e. The molecule has 1 aromatic heterocycles. The number of amides is 1. The minimum atomic E-state index is 0.216. The van der Waals surface area contributed by atoms with Crippen LogP contribution in [0.4, 0.5) is 5.69 Å². The first-order chi connectivity index (χ1) is 12.0. The van der Waals surface area contributed by atoms with E-state index in [0.717, 1.165) is 43.2 Å². The van der Waals surface area contributed by atoms with Crippen molar-refractivity contribution in [3.63, 3.8) is 0 Å². The number of piperazine rings is 1. The number of aryl methyl sites for hydroxylation is 1. The molecule has 0 N–H and O–H groups in total. The highest BCUT2D eigenvalue weighted by molar-refractivity contribution is 5.79. The van der Waals surface area contributed by atoms with E-state index in [2.05, 4.69) is 35.4 Å². The van der Waals surface area contributed by atoms with Gasteiger partial charge in [-0.1, -0.05) is 12.1 Å². The van der Waals surface area contributed by atoms with Crippen LogP contribution in [0.2, 0.25) is 0 Å². The predicted octanol–water partition coefficient (Wildman–Crippen LogP) is 2.54. The van der Waals surface area contributed by atoms with E-state index in [9.17, 15) is 4.79 Å². The van der Waals surface area contributed by atoms with Gasteiger partial charge >= 0.3 is 0 Å². The number of ether oxygens (including phenoxy) is 1. The third-order valence-electron chi connectivity index (χ3n) is 5.28. The minimum Gasteiger partial charge on any atom is -0.495 e. The zero-order valence-corrected chi connectivity index (χ0v) is 15.6. The van der Waals surface area contributed by atoms with Gasteiger partial charge in [-0.3, -0.25) is 4.79 Å². The molecule has 1 aromatic carbocycles. The molecule has 25 heavy (non-hydrogen) atoms. The molecule has 0 atom stereocenters. The number of benzene rings is 1. The van der Waals surface area contributed by atoms with Crippen LogP contribution in [0.1, 0.15) is 17.0 Å². The molecular formula is C20H27N3O2.